The maximum absolute atomic E-state index is 12.9. The molecule has 2 fully saturated rings. The number of hydrogen-bond donors (Lipinski definition) is 0. The van der Waals surface area contributed by atoms with Gasteiger partial charge in [0.15, 0.2) is 0 Å². The lowest BCUT2D eigenvalue weighted by atomic mass is 9.89. The molecule has 4 heteroatoms. The van der Waals surface area contributed by atoms with E-state index in [4.69, 9.17) is 0 Å². The minimum Gasteiger partial charge on any atom is -0.333 e. The molecule has 134 valence electrons. The fourth-order valence-electron chi connectivity index (χ4n) is 4.30. The molecule has 1 saturated heterocycles. The normalized spacial score (nSPS) is 23.0. The Balaban J connectivity index is 1.60. The van der Waals surface area contributed by atoms with E-state index in [9.17, 15) is 4.79 Å². The average molecular weight is 349 g/mol. The van der Waals surface area contributed by atoms with Crippen LogP contribution < -0.4 is 0 Å². The second kappa shape index (κ2) is 8.48. The molecule has 3 rings (SSSR count). The topological polar surface area (TPSA) is 23.6 Å². The van der Waals surface area contributed by atoms with Crippen LogP contribution in [-0.2, 0) is 0 Å². The highest BCUT2D eigenvalue weighted by Crippen LogP contribution is 2.27. The van der Waals surface area contributed by atoms with Gasteiger partial charge in [-0.25, -0.2) is 0 Å². The van der Waals surface area contributed by atoms with Crippen LogP contribution >= 0.6 is 11.3 Å². The Labute approximate surface area is 151 Å². The van der Waals surface area contributed by atoms with Crippen LogP contribution in [0, 0.1) is 11.8 Å². The van der Waals surface area contributed by atoms with Crippen molar-refractivity contribution in [1.82, 2.24) is 9.80 Å². The second-order valence-electron chi connectivity index (χ2n) is 8.03. The number of hydrogen-bond acceptors (Lipinski definition) is 3. The Kier molecular flexibility index (Phi) is 6.34. The van der Waals surface area contributed by atoms with Gasteiger partial charge in [0.2, 0.25) is 0 Å². The Bertz CT molecular complexity index is 508. The molecule has 1 aromatic rings. The summed E-state index contributed by atoms with van der Waals surface area (Å²) in [5.41, 5.74) is 0. The van der Waals surface area contributed by atoms with Crippen LogP contribution in [0.3, 0.4) is 0 Å². The van der Waals surface area contributed by atoms with Gasteiger partial charge < -0.3 is 9.80 Å². The van der Waals surface area contributed by atoms with E-state index < -0.39 is 0 Å². The van der Waals surface area contributed by atoms with E-state index in [1.54, 1.807) is 11.3 Å². The Morgan fingerprint density at radius 1 is 1.29 bits per heavy atom. The Morgan fingerprint density at radius 2 is 2.08 bits per heavy atom. The van der Waals surface area contributed by atoms with Gasteiger partial charge in [0.25, 0.3) is 5.91 Å². The molecule has 3 nitrogen and oxygen atoms in total. The molecule has 24 heavy (non-hydrogen) atoms. The third kappa shape index (κ3) is 4.60. The van der Waals surface area contributed by atoms with Gasteiger partial charge in [0.1, 0.15) is 0 Å². The van der Waals surface area contributed by atoms with Crippen molar-refractivity contribution in [3.05, 3.63) is 22.4 Å². The molecule has 2 aliphatic rings. The van der Waals surface area contributed by atoms with E-state index in [2.05, 4.69) is 23.6 Å². The average Bonchev–Trinajstić information content (AvgIpc) is 3.24. The van der Waals surface area contributed by atoms with Crippen molar-refractivity contribution in [2.75, 3.05) is 26.2 Å². The van der Waals surface area contributed by atoms with E-state index in [1.807, 2.05) is 17.5 Å². The third-order valence-corrected chi connectivity index (χ3v) is 6.34. The predicted molar refractivity (Wildman–Crippen MR) is 102 cm³/mol. The zero-order valence-corrected chi connectivity index (χ0v) is 16.1. The van der Waals surface area contributed by atoms with Crippen LogP contribution in [0.4, 0.5) is 0 Å². The van der Waals surface area contributed by atoms with Gasteiger partial charge in [-0.05, 0) is 42.5 Å². The van der Waals surface area contributed by atoms with Crippen molar-refractivity contribution in [1.29, 1.82) is 0 Å². The molecule has 0 spiro atoms. The highest BCUT2D eigenvalue weighted by Gasteiger charge is 2.32. The van der Waals surface area contributed by atoms with Crippen LogP contribution in [0.15, 0.2) is 17.5 Å². The molecule has 1 amide bonds. The van der Waals surface area contributed by atoms with Crippen molar-refractivity contribution in [3.63, 3.8) is 0 Å². The molecule has 1 atom stereocenters. The van der Waals surface area contributed by atoms with E-state index in [-0.39, 0.29) is 5.91 Å². The molecule has 1 unspecified atom stereocenters. The molecule has 1 aromatic heterocycles. The van der Waals surface area contributed by atoms with Gasteiger partial charge in [-0.2, -0.15) is 0 Å². The van der Waals surface area contributed by atoms with Crippen molar-refractivity contribution >= 4 is 17.2 Å². The van der Waals surface area contributed by atoms with Gasteiger partial charge in [-0.15, -0.1) is 11.3 Å². The third-order valence-electron chi connectivity index (χ3n) is 5.48. The van der Waals surface area contributed by atoms with Gasteiger partial charge in [-0.3, -0.25) is 4.79 Å². The fraction of sp³-hybridized carbons (Fsp3) is 0.750. The summed E-state index contributed by atoms with van der Waals surface area (Å²) >= 11 is 1.57. The first-order valence-corrected chi connectivity index (χ1v) is 10.6. The standard InChI is InChI=1S/C20H32N2OS/c1-16(2)13-22(20(23)19-9-6-12-24-19)18-10-11-21(15-18)14-17-7-4-3-5-8-17/h6,9,12,16-18H,3-5,7-8,10-11,13-15H2,1-2H3. The van der Waals surface area contributed by atoms with Crippen LogP contribution in [0.2, 0.25) is 0 Å². The molecule has 0 aromatic carbocycles. The number of amides is 1. The summed E-state index contributed by atoms with van der Waals surface area (Å²) in [7, 11) is 0. The lowest BCUT2D eigenvalue weighted by Gasteiger charge is -2.31. The number of carbonyl (C=O) groups is 1. The Morgan fingerprint density at radius 3 is 2.75 bits per heavy atom. The van der Waals surface area contributed by atoms with E-state index >= 15 is 0 Å². The molecule has 2 heterocycles. The minimum absolute atomic E-state index is 0.239. The highest BCUT2D eigenvalue weighted by molar-refractivity contribution is 7.12. The maximum atomic E-state index is 12.9. The van der Waals surface area contributed by atoms with Crippen LogP contribution in [0.5, 0.6) is 0 Å². The summed E-state index contributed by atoms with van der Waals surface area (Å²) in [6, 6.07) is 4.34. The summed E-state index contributed by atoms with van der Waals surface area (Å²) in [5.74, 6) is 1.65. The first kappa shape index (κ1) is 17.9. The molecular formula is C20H32N2OS. The molecule has 1 aliphatic carbocycles. The van der Waals surface area contributed by atoms with Crippen molar-refractivity contribution in [2.24, 2.45) is 11.8 Å². The maximum Gasteiger partial charge on any atom is 0.264 e. The van der Waals surface area contributed by atoms with Crippen molar-refractivity contribution in [3.8, 4) is 0 Å². The first-order chi connectivity index (χ1) is 11.6. The van der Waals surface area contributed by atoms with Gasteiger partial charge in [-0.1, -0.05) is 39.2 Å². The molecule has 1 aliphatic heterocycles. The second-order valence-corrected chi connectivity index (χ2v) is 8.98. The van der Waals surface area contributed by atoms with Gasteiger partial charge >= 0.3 is 0 Å². The lowest BCUT2D eigenvalue weighted by Crippen LogP contribution is -2.44. The zero-order chi connectivity index (χ0) is 16.9. The fourth-order valence-corrected chi connectivity index (χ4v) is 4.98. The summed E-state index contributed by atoms with van der Waals surface area (Å²) in [5, 5.41) is 2.00. The minimum atomic E-state index is 0.239. The molecule has 1 saturated carbocycles. The summed E-state index contributed by atoms with van der Waals surface area (Å²) < 4.78 is 0. The van der Waals surface area contributed by atoms with Crippen molar-refractivity contribution in [2.45, 2.75) is 58.4 Å². The summed E-state index contributed by atoms with van der Waals surface area (Å²) in [6.07, 6.45) is 8.21. The number of carbonyl (C=O) groups excluding carboxylic acids is 1. The molecule has 0 radical (unpaired) electrons. The van der Waals surface area contributed by atoms with Gasteiger partial charge in [0.05, 0.1) is 4.88 Å². The number of thiophene rings is 1. The molecule has 0 bridgehead atoms. The zero-order valence-electron chi connectivity index (χ0n) is 15.2. The largest absolute Gasteiger partial charge is 0.333 e. The number of likely N-dealkylation sites (tertiary alicyclic amines) is 1. The SMILES string of the molecule is CC(C)CN(C(=O)c1cccs1)C1CCN(CC2CCCCC2)C1. The Hall–Kier alpha value is -0.870. The van der Waals surface area contributed by atoms with E-state index in [0.29, 0.717) is 12.0 Å². The highest BCUT2D eigenvalue weighted by atomic mass is 32.1. The summed E-state index contributed by atoms with van der Waals surface area (Å²) in [6.45, 7) is 8.78. The van der Waals surface area contributed by atoms with Gasteiger partial charge in [0, 0.05) is 32.2 Å². The van der Waals surface area contributed by atoms with Crippen LogP contribution in [-0.4, -0.2) is 47.9 Å². The smallest absolute Gasteiger partial charge is 0.264 e. The quantitative estimate of drug-likeness (QED) is 0.755. The predicted octanol–water partition coefficient (Wildman–Crippen LogP) is 4.50. The summed E-state index contributed by atoms with van der Waals surface area (Å²) in [4.78, 5) is 18.6. The first-order valence-electron chi connectivity index (χ1n) is 9.70. The van der Waals surface area contributed by atoms with Crippen LogP contribution in [0.1, 0.15) is 62.0 Å². The molecular weight excluding hydrogens is 316 g/mol. The number of nitrogens with zero attached hydrogens (tertiary/aromatic N) is 2. The monoisotopic (exact) mass is 348 g/mol. The van der Waals surface area contributed by atoms with E-state index in [1.165, 1.54) is 38.6 Å². The lowest BCUT2D eigenvalue weighted by molar-refractivity contribution is 0.0658. The number of rotatable bonds is 6. The van der Waals surface area contributed by atoms with Crippen LogP contribution in [0.25, 0.3) is 0 Å². The molecule has 0 N–H and O–H groups in total. The van der Waals surface area contributed by atoms with Crippen molar-refractivity contribution < 1.29 is 4.79 Å². The van der Waals surface area contributed by atoms with E-state index in [0.717, 1.165) is 36.9 Å².